The minimum Gasteiger partial charge on any atom is -0.365 e. The van der Waals surface area contributed by atoms with Crippen molar-refractivity contribution >= 4 is 29.3 Å². The average Bonchev–Trinajstić information content (AvgIpc) is 2.75. The highest BCUT2D eigenvalue weighted by Gasteiger charge is 2.41. The van der Waals surface area contributed by atoms with Crippen molar-refractivity contribution in [3.8, 4) is 0 Å². The first kappa shape index (κ1) is 21.5. The number of rotatable bonds is 5. The molecule has 0 saturated carbocycles. The highest BCUT2D eigenvalue weighted by molar-refractivity contribution is 6.07. The van der Waals surface area contributed by atoms with Crippen molar-refractivity contribution < 1.29 is 23.6 Å². The smallest absolute Gasteiger partial charge is 0.258 e. The van der Waals surface area contributed by atoms with E-state index < -0.39 is 18.1 Å². The van der Waals surface area contributed by atoms with E-state index in [1.807, 2.05) is 0 Å². The van der Waals surface area contributed by atoms with Gasteiger partial charge in [-0.2, -0.15) is 0 Å². The highest BCUT2D eigenvalue weighted by Crippen LogP contribution is 2.31. The molecule has 32 heavy (non-hydrogen) atoms. The summed E-state index contributed by atoms with van der Waals surface area (Å²) < 4.78 is 13.0. The van der Waals surface area contributed by atoms with E-state index in [-0.39, 0.29) is 49.3 Å². The molecule has 8 nitrogen and oxygen atoms in total. The second-order valence-electron chi connectivity index (χ2n) is 7.92. The summed E-state index contributed by atoms with van der Waals surface area (Å²) in [6.45, 7) is 1.90. The van der Waals surface area contributed by atoms with Gasteiger partial charge in [-0.05, 0) is 42.7 Å². The van der Waals surface area contributed by atoms with Gasteiger partial charge in [0.1, 0.15) is 11.9 Å². The van der Waals surface area contributed by atoms with E-state index in [0.717, 1.165) is 0 Å². The zero-order chi connectivity index (χ0) is 22.8. The molecule has 166 valence electrons. The number of hydrogen-bond acceptors (Lipinski definition) is 5. The number of imide groups is 1. The molecule has 0 aromatic heterocycles. The first-order valence-corrected chi connectivity index (χ1v) is 10.4. The third-order valence-corrected chi connectivity index (χ3v) is 5.68. The van der Waals surface area contributed by atoms with Crippen molar-refractivity contribution in [3.05, 3.63) is 65.0 Å². The molecule has 1 fully saturated rings. The number of nitrogens with one attached hydrogen (secondary N) is 3. The van der Waals surface area contributed by atoms with E-state index in [4.69, 9.17) is 0 Å². The zero-order valence-corrected chi connectivity index (χ0v) is 17.5. The maximum Gasteiger partial charge on any atom is 0.258 e. The van der Waals surface area contributed by atoms with Crippen LogP contribution >= 0.6 is 0 Å². The number of nitrogens with zero attached hydrogens (tertiary/aromatic N) is 1. The van der Waals surface area contributed by atoms with Crippen molar-refractivity contribution in [2.75, 3.05) is 5.32 Å². The lowest BCUT2D eigenvalue weighted by Crippen LogP contribution is -2.60. The molecule has 0 bridgehead atoms. The van der Waals surface area contributed by atoms with E-state index in [0.29, 0.717) is 22.4 Å². The van der Waals surface area contributed by atoms with Crippen molar-refractivity contribution in [2.24, 2.45) is 0 Å². The third kappa shape index (κ3) is 4.32. The summed E-state index contributed by atoms with van der Waals surface area (Å²) in [7, 11) is 0. The number of fused-ring (bicyclic) bond motifs is 1. The number of benzene rings is 2. The molecule has 0 aliphatic carbocycles. The monoisotopic (exact) mass is 438 g/mol. The summed E-state index contributed by atoms with van der Waals surface area (Å²) in [6.07, 6.45) is 0.0677. The molecule has 0 spiro atoms. The number of anilines is 1. The van der Waals surface area contributed by atoms with Gasteiger partial charge >= 0.3 is 0 Å². The number of halogens is 1. The minimum atomic E-state index is -0.753. The van der Waals surface area contributed by atoms with Crippen molar-refractivity contribution in [1.29, 1.82) is 0 Å². The van der Waals surface area contributed by atoms with Crippen LogP contribution in [-0.2, 0) is 27.3 Å². The van der Waals surface area contributed by atoms with Crippen LogP contribution in [0, 0.1) is 5.82 Å². The molecular weight excluding hydrogens is 415 g/mol. The molecule has 0 radical (unpaired) electrons. The van der Waals surface area contributed by atoms with Crippen molar-refractivity contribution in [3.63, 3.8) is 0 Å². The molecule has 2 heterocycles. The van der Waals surface area contributed by atoms with Gasteiger partial charge in [-0.1, -0.05) is 24.3 Å². The van der Waals surface area contributed by atoms with Crippen LogP contribution in [0.1, 0.15) is 41.3 Å². The number of carbonyl (C=O) groups is 4. The van der Waals surface area contributed by atoms with Crippen LogP contribution in [0.3, 0.4) is 0 Å². The van der Waals surface area contributed by atoms with Gasteiger partial charge in [0.05, 0.1) is 18.2 Å². The lowest BCUT2D eigenvalue weighted by Gasteiger charge is -2.41. The molecule has 2 aliphatic rings. The minimum absolute atomic E-state index is 0.0843. The zero-order valence-electron chi connectivity index (χ0n) is 17.5. The summed E-state index contributed by atoms with van der Waals surface area (Å²) >= 11 is 0. The first-order chi connectivity index (χ1) is 15.3. The second-order valence-corrected chi connectivity index (χ2v) is 7.92. The maximum atomic E-state index is 13.4. The topological polar surface area (TPSA) is 108 Å². The van der Waals surface area contributed by atoms with Crippen molar-refractivity contribution in [2.45, 2.75) is 44.9 Å². The lowest BCUT2D eigenvalue weighted by atomic mass is 9.96. The summed E-state index contributed by atoms with van der Waals surface area (Å²) in [5.74, 6) is -1.80. The van der Waals surface area contributed by atoms with Crippen LogP contribution in [-0.4, -0.2) is 40.7 Å². The van der Waals surface area contributed by atoms with Gasteiger partial charge in [0.15, 0.2) is 0 Å². The normalized spacial score (nSPS) is 20.3. The number of piperidine rings is 1. The Morgan fingerprint density at radius 1 is 1.16 bits per heavy atom. The van der Waals surface area contributed by atoms with Gasteiger partial charge in [-0.15, -0.1) is 0 Å². The molecular formula is C23H23FN4O4. The van der Waals surface area contributed by atoms with E-state index in [9.17, 15) is 23.6 Å². The van der Waals surface area contributed by atoms with Gasteiger partial charge < -0.3 is 15.5 Å². The average molecular weight is 438 g/mol. The van der Waals surface area contributed by atoms with Gasteiger partial charge in [0.25, 0.3) is 5.91 Å². The Morgan fingerprint density at radius 3 is 2.62 bits per heavy atom. The van der Waals surface area contributed by atoms with E-state index in [1.54, 1.807) is 37.3 Å². The predicted molar refractivity (Wildman–Crippen MR) is 114 cm³/mol. The highest BCUT2D eigenvalue weighted by atomic mass is 19.1. The summed E-state index contributed by atoms with van der Waals surface area (Å²) in [6, 6.07) is 10.2. The molecule has 2 atom stereocenters. The van der Waals surface area contributed by atoms with Gasteiger partial charge in [-0.3, -0.25) is 24.5 Å². The summed E-state index contributed by atoms with van der Waals surface area (Å²) in [4.78, 5) is 51.1. The molecule has 2 aromatic carbocycles. The van der Waals surface area contributed by atoms with Crippen LogP contribution in [0.25, 0.3) is 0 Å². The van der Waals surface area contributed by atoms with E-state index >= 15 is 0 Å². The molecule has 2 aromatic rings. The summed E-state index contributed by atoms with van der Waals surface area (Å²) in [5, 5.41) is 8.33. The van der Waals surface area contributed by atoms with Gasteiger partial charge in [0.2, 0.25) is 17.7 Å². The van der Waals surface area contributed by atoms with Gasteiger partial charge in [0, 0.05) is 18.7 Å². The van der Waals surface area contributed by atoms with Gasteiger partial charge in [-0.25, -0.2) is 4.39 Å². The van der Waals surface area contributed by atoms with Crippen LogP contribution < -0.4 is 16.0 Å². The second kappa shape index (κ2) is 8.78. The van der Waals surface area contributed by atoms with E-state index in [1.165, 1.54) is 17.0 Å². The number of amides is 4. The third-order valence-electron chi connectivity index (χ3n) is 5.68. The van der Waals surface area contributed by atoms with Crippen LogP contribution in [0.15, 0.2) is 42.5 Å². The van der Waals surface area contributed by atoms with Crippen LogP contribution in [0.2, 0.25) is 0 Å². The maximum absolute atomic E-state index is 13.4. The fourth-order valence-corrected chi connectivity index (χ4v) is 4.12. The Kier molecular flexibility index (Phi) is 5.89. The standard InChI is InChI=1S/C23H23FN4O4/c1-13-26-17-4-2-3-15(12-25-20(30)11-14-5-7-16(24)8-6-14)21(17)23(32)28(13)18-9-10-19(29)27-22(18)31/h2-8,13,18,26H,9-12H2,1H3,(H,25,30)(H,27,29,31). The Balaban J connectivity index is 1.50. The lowest BCUT2D eigenvalue weighted by molar-refractivity contribution is -0.137. The molecule has 2 unspecified atom stereocenters. The first-order valence-electron chi connectivity index (χ1n) is 10.4. The van der Waals surface area contributed by atoms with Crippen LogP contribution in [0.4, 0.5) is 10.1 Å². The Morgan fingerprint density at radius 2 is 1.91 bits per heavy atom. The molecule has 4 amide bonds. The van der Waals surface area contributed by atoms with Crippen molar-refractivity contribution in [1.82, 2.24) is 15.5 Å². The Labute approximate surface area is 184 Å². The molecule has 1 saturated heterocycles. The van der Waals surface area contributed by atoms with Crippen LogP contribution in [0.5, 0.6) is 0 Å². The summed E-state index contributed by atoms with van der Waals surface area (Å²) in [5.41, 5.74) is 2.29. The fourth-order valence-electron chi connectivity index (χ4n) is 4.12. The largest absolute Gasteiger partial charge is 0.365 e. The molecule has 4 rings (SSSR count). The predicted octanol–water partition coefficient (Wildman–Crippen LogP) is 1.70. The molecule has 3 N–H and O–H groups in total. The van der Waals surface area contributed by atoms with E-state index in [2.05, 4.69) is 16.0 Å². The Bertz CT molecular complexity index is 1090. The number of carbonyl (C=O) groups excluding carboxylic acids is 4. The Hall–Kier alpha value is -3.75. The quantitative estimate of drug-likeness (QED) is 0.616. The molecule has 2 aliphatic heterocycles. The molecule has 9 heteroatoms. The fraction of sp³-hybridized carbons (Fsp3) is 0.304. The number of hydrogen-bond donors (Lipinski definition) is 3. The SMILES string of the molecule is CC1Nc2cccc(CNC(=O)Cc3ccc(F)cc3)c2C(=O)N1C1CCC(=O)NC1=O.